The summed E-state index contributed by atoms with van der Waals surface area (Å²) in [6.45, 7) is 11.5. The van der Waals surface area contributed by atoms with E-state index in [0.717, 1.165) is 25.0 Å². The van der Waals surface area contributed by atoms with E-state index in [4.69, 9.17) is 9.47 Å². The zero-order valence-corrected chi connectivity index (χ0v) is 16.7. The van der Waals surface area contributed by atoms with E-state index < -0.39 is 13.3 Å². The van der Waals surface area contributed by atoms with E-state index in [-0.39, 0.29) is 5.41 Å². The molecule has 0 aliphatic heterocycles. The first kappa shape index (κ1) is 18.5. The molecule has 0 aromatic carbocycles. The van der Waals surface area contributed by atoms with Gasteiger partial charge in [-0.15, -0.1) is 0 Å². The van der Waals surface area contributed by atoms with E-state index in [2.05, 4.69) is 27.7 Å². The summed E-state index contributed by atoms with van der Waals surface area (Å²) in [4.78, 5) is 0. The Morgan fingerprint density at radius 2 is 1.45 bits per heavy atom. The van der Waals surface area contributed by atoms with E-state index in [0.29, 0.717) is 0 Å². The van der Waals surface area contributed by atoms with Crippen LogP contribution in [0.1, 0.15) is 40.5 Å². The van der Waals surface area contributed by atoms with Crippen LogP contribution >= 0.6 is 0 Å². The molecule has 0 bridgehead atoms. The zero-order valence-electron chi connectivity index (χ0n) is 14.6. The average Bonchev–Trinajstić information content (AvgIpc) is 2.73. The minimum absolute atomic E-state index is 0.288. The van der Waals surface area contributed by atoms with Crippen LogP contribution in [-0.2, 0) is 9.47 Å². The molecule has 2 atom stereocenters. The molecule has 1 saturated carbocycles. The first-order chi connectivity index (χ1) is 9.50. The van der Waals surface area contributed by atoms with Crippen molar-refractivity contribution >= 4 is 13.3 Å². The zero-order chi connectivity index (χ0) is 15.2. The van der Waals surface area contributed by atoms with E-state index in [1.165, 1.54) is 28.6 Å². The van der Waals surface area contributed by atoms with Gasteiger partial charge in [0, 0.05) is 0 Å². The molecule has 20 heavy (non-hydrogen) atoms. The van der Waals surface area contributed by atoms with Crippen molar-refractivity contribution in [2.45, 2.75) is 61.5 Å². The number of hydrogen-bond donors (Lipinski definition) is 0. The fraction of sp³-hybridized carbons (Fsp3) is 1.00. The number of methoxy groups -OCH3 is 2. The first-order valence-electron chi connectivity index (χ1n) is 8.48. The van der Waals surface area contributed by atoms with Crippen LogP contribution in [0.5, 0.6) is 0 Å². The Hall–Kier alpha value is 0.463. The fourth-order valence-electron chi connectivity index (χ4n) is 4.59. The van der Waals surface area contributed by atoms with E-state index in [9.17, 15) is 0 Å². The van der Waals surface area contributed by atoms with Gasteiger partial charge in [0.15, 0.2) is 0 Å². The standard InChI is InChI=1S/C17H36GeO2/c1-7-18(8-2,9-3)12-16-11-17(13-19-5,14-20-6)10-15(16)4/h15-16H,7-14H2,1-6H3/t15-,16+/m1/s1. The monoisotopic (exact) mass is 346 g/mol. The Balaban J connectivity index is 2.77. The molecule has 0 aromatic heterocycles. The minimum atomic E-state index is -1.56. The molecule has 120 valence electrons. The predicted molar refractivity (Wildman–Crippen MR) is 90.1 cm³/mol. The Kier molecular flexibility index (Phi) is 7.58. The number of hydrogen-bond acceptors (Lipinski definition) is 2. The van der Waals surface area contributed by atoms with Crippen LogP contribution in [-0.4, -0.2) is 40.7 Å². The molecule has 0 spiro atoms. The molecule has 0 amide bonds. The Morgan fingerprint density at radius 1 is 0.950 bits per heavy atom. The first-order valence-corrected chi connectivity index (χ1v) is 14.4. The van der Waals surface area contributed by atoms with E-state index in [1.54, 1.807) is 5.25 Å². The molecule has 2 nitrogen and oxygen atoms in total. The average molecular weight is 345 g/mol. The third-order valence-electron chi connectivity index (χ3n) is 6.10. The Labute approximate surface area is 129 Å². The van der Waals surface area contributed by atoms with Gasteiger partial charge in [-0.2, -0.15) is 0 Å². The fourth-order valence-corrected chi connectivity index (χ4v) is 13.0. The maximum atomic E-state index is 5.52. The number of ether oxygens (including phenoxy) is 2. The maximum absolute atomic E-state index is 5.52. The van der Waals surface area contributed by atoms with Crippen LogP contribution in [0.2, 0.25) is 21.0 Å². The van der Waals surface area contributed by atoms with Crippen LogP contribution in [0, 0.1) is 17.3 Å². The van der Waals surface area contributed by atoms with Crippen LogP contribution in [0.4, 0.5) is 0 Å². The van der Waals surface area contributed by atoms with Crippen LogP contribution < -0.4 is 0 Å². The van der Waals surface area contributed by atoms with Crippen molar-refractivity contribution in [2.24, 2.45) is 17.3 Å². The van der Waals surface area contributed by atoms with Crippen molar-refractivity contribution in [2.75, 3.05) is 27.4 Å². The van der Waals surface area contributed by atoms with Gasteiger partial charge >= 0.3 is 129 Å². The van der Waals surface area contributed by atoms with Crippen molar-refractivity contribution in [3.63, 3.8) is 0 Å². The third-order valence-corrected chi connectivity index (χ3v) is 18.5. The summed E-state index contributed by atoms with van der Waals surface area (Å²) < 4.78 is 11.0. The Bertz CT molecular complexity index is 262. The van der Waals surface area contributed by atoms with Gasteiger partial charge in [0.25, 0.3) is 0 Å². The second-order valence-corrected chi connectivity index (χ2v) is 18.9. The molecule has 0 aromatic rings. The molecule has 1 aliphatic rings. The van der Waals surface area contributed by atoms with Crippen LogP contribution in [0.25, 0.3) is 0 Å². The molecular weight excluding hydrogens is 309 g/mol. The van der Waals surface area contributed by atoms with Gasteiger partial charge in [-0.1, -0.05) is 0 Å². The summed E-state index contributed by atoms with van der Waals surface area (Å²) >= 11 is -1.56. The summed E-state index contributed by atoms with van der Waals surface area (Å²) in [6, 6.07) is 0. The van der Waals surface area contributed by atoms with Crippen LogP contribution in [0.15, 0.2) is 0 Å². The molecule has 1 aliphatic carbocycles. The quantitative estimate of drug-likeness (QED) is 0.558. The topological polar surface area (TPSA) is 18.5 Å². The summed E-state index contributed by atoms with van der Waals surface area (Å²) in [6.07, 6.45) is 2.61. The molecule has 1 fully saturated rings. The molecule has 0 heterocycles. The van der Waals surface area contributed by atoms with E-state index in [1.807, 2.05) is 14.2 Å². The molecule has 1 rings (SSSR count). The summed E-state index contributed by atoms with van der Waals surface area (Å²) in [5.41, 5.74) is 0.288. The van der Waals surface area contributed by atoms with Crippen molar-refractivity contribution in [3.05, 3.63) is 0 Å². The molecule has 3 heteroatoms. The summed E-state index contributed by atoms with van der Waals surface area (Å²) in [7, 11) is 3.67. The van der Waals surface area contributed by atoms with Gasteiger partial charge in [0.2, 0.25) is 0 Å². The number of rotatable bonds is 9. The molecule has 0 saturated heterocycles. The molecule has 0 unspecified atom stereocenters. The second-order valence-electron chi connectivity index (χ2n) is 7.28. The van der Waals surface area contributed by atoms with Gasteiger partial charge in [-0.3, -0.25) is 0 Å². The van der Waals surface area contributed by atoms with Crippen molar-refractivity contribution in [1.29, 1.82) is 0 Å². The van der Waals surface area contributed by atoms with Crippen molar-refractivity contribution in [1.82, 2.24) is 0 Å². The van der Waals surface area contributed by atoms with E-state index >= 15 is 0 Å². The molecule has 0 radical (unpaired) electrons. The van der Waals surface area contributed by atoms with Gasteiger partial charge in [-0.05, 0) is 0 Å². The van der Waals surface area contributed by atoms with Gasteiger partial charge in [0.05, 0.1) is 0 Å². The SMILES string of the molecule is C[CH2][Ge]([CH2]C)([CH2]C)[CH2][C@@H]1CC(COC)(COC)C[C@H]1C. The summed E-state index contributed by atoms with van der Waals surface area (Å²) in [5.74, 6) is 1.76. The van der Waals surface area contributed by atoms with Gasteiger partial charge in [0.1, 0.15) is 0 Å². The van der Waals surface area contributed by atoms with Crippen LogP contribution in [0.3, 0.4) is 0 Å². The normalized spacial score (nSPS) is 26.1. The second kappa shape index (κ2) is 8.19. The van der Waals surface area contributed by atoms with Gasteiger partial charge < -0.3 is 0 Å². The van der Waals surface area contributed by atoms with Crippen molar-refractivity contribution in [3.8, 4) is 0 Å². The molecular formula is C17H36GeO2. The van der Waals surface area contributed by atoms with Gasteiger partial charge in [-0.25, -0.2) is 0 Å². The van der Waals surface area contributed by atoms with Crippen molar-refractivity contribution < 1.29 is 9.47 Å². The third kappa shape index (κ3) is 4.23. The predicted octanol–water partition coefficient (Wildman–Crippen LogP) is 4.82. The molecule has 0 N–H and O–H groups in total. The summed E-state index contributed by atoms with van der Waals surface area (Å²) in [5, 5.41) is 6.06. The Morgan fingerprint density at radius 3 is 1.85 bits per heavy atom.